The third-order valence-corrected chi connectivity index (χ3v) is 4.22. The van der Waals surface area contributed by atoms with Crippen molar-refractivity contribution in [3.05, 3.63) is 47.2 Å². The van der Waals surface area contributed by atoms with Crippen LogP contribution in [0.4, 0.5) is 19.1 Å². The van der Waals surface area contributed by atoms with E-state index in [1.807, 2.05) is 13.0 Å². The van der Waals surface area contributed by atoms with Crippen LogP contribution in [0.3, 0.4) is 0 Å². The van der Waals surface area contributed by atoms with Crippen molar-refractivity contribution in [2.24, 2.45) is 0 Å². The lowest BCUT2D eigenvalue weighted by atomic mass is 10.3. The Hall–Kier alpha value is -2.42. The number of hydrogen-bond donors (Lipinski definition) is 1. The van der Waals surface area contributed by atoms with Gasteiger partial charge in [-0.05, 0) is 30.5 Å². The zero-order valence-electron chi connectivity index (χ0n) is 12.7. The SMILES string of the molecule is Cc1ccnn1CCNc1nc(-c2cccs2)cc(C(F)(F)F)n1. The van der Waals surface area contributed by atoms with E-state index in [9.17, 15) is 13.2 Å². The summed E-state index contributed by atoms with van der Waals surface area (Å²) in [4.78, 5) is 8.43. The highest BCUT2D eigenvalue weighted by atomic mass is 32.1. The van der Waals surface area contributed by atoms with E-state index in [0.717, 1.165) is 11.8 Å². The van der Waals surface area contributed by atoms with Crippen LogP contribution in [-0.4, -0.2) is 26.3 Å². The largest absolute Gasteiger partial charge is 0.433 e. The maximum absolute atomic E-state index is 13.1. The first kappa shape index (κ1) is 16.4. The van der Waals surface area contributed by atoms with Gasteiger partial charge in [0, 0.05) is 18.4 Å². The molecule has 0 aliphatic heterocycles. The van der Waals surface area contributed by atoms with Crippen LogP contribution in [0, 0.1) is 6.92 Å². The number of halogens is 3. The van der Waals surface area contributed by atoms with Crippen molar-refractivity contribution < 1.29 is 13.2 Å². The minimum atomic E-state index is -4.52. The van der Waals surface area contributed by atoms with Gasteiger partial charge >= 0.3 is 6.18 Å². The van der Waals surface area contributed by atoms with Gasteiger partial charge in [-0.1, -0.05) is 6.07 Å². The maximum Gasteiger partial charge on any atom is 0.433 e. The average Bonchev–Trinajstić information content (AvgIpc) is 3.18. The van der Waals surface area contributed by atoms with Gasteiger partial charge < -0.3 is 5.32 Å². The summed E-state index contributed by atoms with van der Waals surface area (Å²) in [7, 11) is 0. The Morgan fingerprint density at radius 2 is 2.08 bits per heavy atom. The zero-order valence-corrected chi connectivity index (χ0v) is 13.5. The lowest BCUT2D eigenvalue weighted by Gasteiger charge is -2.11. The monoisotopic (exact) mass is 353 g/mol. The van der Waals surface area contributed by atoms with E-state index in [-0.39, 0.29) is 11.6 Å². The molecule has 0 aliphatic carbocycles. The molecule has 3 aromatic heterocycles. The van der Waals surface area contributed by atoms with E-state index >= 15 is 0 Å². The molecule has 0 aromatic carbocycles. The van der Waals surface area contributed by atoms with Crippen molar-refractivity contribution in [1.82, 2.24) is 19.7 Å². The Labute approximate surface area is 140 Å². The third kappa shape index (κ3) is 3.73. The smallest absolute Gasteiger partial charge is 0.352 e. The van der Waals surface area contributed by atoms with Gasteiger partial charge in [0.05, 0.1) is 17.1 Å². The summed E-state index contributed by atoms with van der Waals surface area (Å²) in [6, 6.07) is 6.32. The van der Waals surface area contributed by atoms with E-state index in [1.54, 1.807) is 28.4 Å². The van der Waals surface area contributed by atoms with Crippen molar-refractivity contribution in [2.75, 3.05) is 11.9 Å². The Kier molecular flexibility index (Phi) is 4.52. The van der Waals surface area contributed by atoms with Gasteiger partial charge in [-0.25, -0.2) is 9.97 Å². The van der Waals surface area contributed by atoms with Gasteiger partial charge in [-0.2, -0.15) is 18.3 Å². The first-order valence-electron chi connectivity index (χ1n) is 7.16. The number of aryl methyl sites for hydroxylation is 1. The summed E-state index contributed by atoms with van der Waals surface area (Å²) in [5, 5.41) is 8.76. The predicted molar refractivity (Wildman–Crippen MR) is 85.8 cm³/mol. The first-order valence-corrected chi connectivity index (χ1v) is 8.04. The first-order chi connectivity index (χ1) is 11.4. The molecule has 126 valence electrons. The maximum atomic E-state index is 13.1. The molecular formula is C15H14F3N5S. The fraction of sp³-hybridized carbons (Fsp3) is 0.267. The number of aromatic nitrogens is 4. The number of anilines is 1. The van der Waals surface area contributed by atoms with Crippen molar-refractivity contribution in [1.29, 1.82) is 0 Å². The molecule has 0 fully saturated rings. The number of nitrogens with one attached hydrogen (secondary N) is 1. The van der Waals surface area contributed by atoms with Crippen molar-refractivity contribution in [2.45, 2.75) is 19.6 Å². The summed E-state index contributed by atoms with van der Waals surface area (Å²) < 4.78 is 40.9. The minimum absolute atomic E-state index is 0.0435. The molecule has 0 saturated heterocycles. The minimum Gasteiger partial charge on any atom is -0.352 e. The van der Waals surface area contributed by atoms with Gasteiger partial charge in [-0.15, -0.1) is 11.3 Å². The molecule has 5 nitrogen and oxygen atoms in total. The summed E-state index contributed by atoms with van der Waals surface area (Å²) in [5.74, 6) is -0.0435. The fourth-order valence-electron chi connectivity index (χ4n) is 2.13. The molecule has 0 atom stereocenters. The molecular weight excluding hydrogens is 339 g/mol. The summed E-state index contributed by atoms with van der Waals surface area (Å²) in [6.45, 7) is 2.78. The van der Waals surface area contributed by atoms with Crippen molar-refractivity contribution in [3.8, 4) is 10.6 Å². The molecule has 1 N–H and O–H groups in total. The van der Waals surface area contributed by atoms with Crippen LogP contribution < -0.4 is 5.32 Å². The van der Waals surface area contributed by atoms with Gasteiger partial charge in [0.25, 0.3) is 0 Å². The fourth-order valence-corrected chi connectivity index (χ4v) is 2.81. The zero-order chi connectivity index (χ0) is 17.2. The molecule has 0 spiro atoms. The van der Waals surface area contributed by atoms with Crippen LogP contribution in [0.5, 0.6) is 0 Å². The second-order valence-corrected chi connectivity index (χ2v) is 6.01. The van der Waals surface area contributed by atoms with Crippen LogP contribution in [0.1, 0.15) is 11.4 Å². The number of alkyl halides is 3. The van der Waals surface area contributed by atoms with Gasteiger partial charge in [-0.3, -0.25) is 4.68 Å². The normalized spacial score (nSPS) is 11.7. The average molecular weight is 353 g/mol. The van der Waals surface area contributed by atoms with Crippen LogP contribution in [0.2, 0.25) is 0 Å². The topological polar surface area (TPSA) is 55.6 Å². The van der Waals surface area contributed by atoms with Gasteiger partial charge in [0.15, 0.2) is 5.69 Å². The Bertz CT molecular complexity index is 811. The van der Waals surface area contributed by atoms with Gasteiger partial charge in [0.2, 0.25) is 5.95 Å². The Balaban J connectivity index is 1.81. The molecule has 0 unspecified atom stereocenters. The highest BCUT2D eigenvalue weighted by Gasteiger charge is 2.33. The Morgan fingerprint density at radius 1 is 1.25 bits per heavy atom. The quantitative estimate of drug-likeness (QED) is 0.757. The molecule has 3 aromatic rings. The molecule has 24 heavy (non-hydrogen) atoms. The van der Waals surface area contributed by atoms with E-state index in [0.29, 0.717) is 18.0 Å². The van der Waals surface area contributed by atoms with Crippen molar-refractivity contribution >= 4 is 17.3 Å². The van der Waals surface area contributed by atoms with E-state index in [4.69, 9.17) is 0 Å². The second kappa shape index (κ2) is 6.60. The van der Waals surface area contributed by atoms with E-state index in [2.05, 4.69) is 20.4 Å². The van der Waals surface area contributed by atoms with E-state index < -0.39 is 11.9 Å². The highest BCUT2D eigenvalue weighted by molar-refractivity contribution is 7.13. The summed E-state index contributed by atoms with van der Waals surface area (Å²) in [5.41, 5.74) is 0.268. The summed E-state index contributed by atoms with van der Waals surface area (Å²) >= 11 is 1.33. The molecule has 3 heterocycles. The Morgan fingerprint density at radius 3 is 2.71 bits per heavy atom. The van der Waals surface area contributed by atoms with Crippen LogP contribution in [0.25, 0.3) is 10.6 Å². The van der Waals surface area contributed by atoms with Crippen LogP contribution >= 0.6 is 11.3 Å². The molecule has 9 heteroatoms. The lowest BCUT2D eigenvalue weighted by molar-refractivity contribution is -0.141. The standard InChI is InChI=1S/C15H14F3N5S/c1-10-4-5-20-23(10)7-6-19-14-21-11(12-3-2-8-24-12)9-13(22-14)15(16,17)18/h2-5,8-9H,6-7H2,1H3,(H,19,21,22). The third-order valence-electron chi connectivity index (χ3n) is 3.33. The predicted octanol–water partition coefficient (Wildman–Crippen LogP) is 3.84. The number of hydrogen-bond acceptors (Lipinski definition) is 5. The number of rotatable bonds is 5. The molecule has 0 radical (unpaired) electrons. The molecule has 0 saturated carbocycles. The van der Waals surface area contributed by atoms with Crippen LogP contribution in [0.15, 0.2) is 35.8 Å². The second-order valence-electron chi connectivity index (χ2n) is 5.06. The summed E-state index contributed by atoms with van der Waals surface area (Å²) in [6.07, 6.45) is -2.85. The van der Waals surface area contributed by atoms with Crippen LogP contribution in [-0.2, 0) is 12.7 Å². The number of thiophene rings is 1. The molecule has 0 bridgehead atoms. The van der Waals surface area contributed by atoms with Gasteiger partial charge in [0.1, 0.15) is 0 Å². The lowest BCUT2D eigenvalue weighted by Crippen LogP contribution is -2.16. The van der Waals surface area contributed by atoms with E-state index in [1.165, 1.54) is 11.3 Å². The molecule has 0 aliphatic rings. The highest BCUT2D eigenvalue weighted by Crippen LogP contribution is 2.32. The molecule has 3 rings (SSSR count). The van der Waals surface area contributed by atoms with Crippen molar-refractivity contribution in [3.63, 3.8) is 0 Å². The number of nitrogens with zero attached hydrogens (tertiary/aromatic N) is 4. The molecule has 0 amide bonds.